The van der Waals surface area contributed by atoms with E-state index in [1.165, 1.54) is 0 Å². The van der Waals surface area contributed by atoms with Crippen LogP contribution in [0.1, 0.15) is 54.7 Å². The highest BCUT2D eigenvalue weighted by molar-refractivity contribution is 5.97. The van der Waals surface area contributed by atoms with Gasteiger partial charge in [0.25, 0.3) is 5.91 Å². The van der Waals surface area contributed by atoms with Crippen molar-refractivity contribution in [3.8, 4) is 5.82 Å². The van der Waals surface area contributed by atoms with Gasteiger partial charge >= 0.3 is 0 Å². The Balaban J connectivity index is 1.68. The van der Waals surface area contributed by atoms with Crippen molar-refractivity contribution in [1.29, 1.82) is 0 Å². The van der Waals surface area contributed by atoms with Gasteiger partial charge in [0.05, 0.1) is 12.2 Å². The van der Waals surface area contributed by atoms with E-state index in [9.17, 15) is 4.79 Å². The molecule has 26 heavy (non-hydrogen) atoms. The molecule has 8 heteroatoms. The summed E-state index contributed by atoms with van der Waals surface area (Å²) in [6, 6.07) is 3.73. The van der Waals surface area contributed by atoms with Gasteiger partial charge in [-0.15, -0.1) is 10.2 Å². The number of hydrogen-bond donors (Lipinski definition) is 0. The summed E-state index contributed by atoms with van der Waals surface area (Å²) in [5.74, 6) is 2.87. The quantitative estimate of drug-likeness (QED) is 0.723. The van der Waals surface area contributed by atoms with Crippen LogP contribution in [0.5, 0.6) is 0 Å². The molecule has 0 bridgehead atoms. The van der Waals surface area contributed by atoms with E-state index in [0.717, 1.165) is 17.5 Å². The lowest BCUT2D eigenvalue weighted by atomic mass is 10.1. The number of aromatic nitrogens is 6. The van der Waals surface area contributed by atoms with Gasteiger partial charge in [-0.3, -0.25) is 9.48 Å². The highest BCUT2D eigenvalue weighted by atomic mass is 16.2. The molecule has 0 aliphatic carbocycles. The van der Waals surface area contributed by atoms with Crippen LogP contribution in [0.15, 0.2) is 30.7 Å². The predicted molar refractivity (Wildman–Crippen MR) is 96.1 cm³/mol. The van der Waals surface area contributed by atoms with Crippen LogP contribution >= 0.6 is 0 Å². The molecule has 1 aliphatic rings. The van der Waals surface area contributed by atoms with Crippen LogP contribution < -0.4 is 0 Å². The SMILES string of the molecule is CC(C)c1nnc2n1CCN(C(=O)c1cnn(C)c1-n1cccc1)C2C. The first kappa shape index (κ1) is 16.6. The highest BCUT2D eigenvalue weighted by Crippen LogP contribution is 2.29. The van der Waals surface area contributed by atoms with Crippen LogP contribution in [0.3, 0.4) is 0 Å². The van der Waals surface area contributed by atoms with Gasteiger partial charge in [-0.2, -0.15) is 5.10 Å². The summed E-state index contributed by atoms with van der Waals surface area (Å²) in [5.41, 5.74) is 0.590. The van der Waals surface area contributed by atoms with Crippen LogP contribution in [-0.2, 0) is 13.6 Å². The average Bonchev–Trinajstić information content (AvgIpc) is 3.33. The molecule has 8 nitrogen and oxygen atoms in total. The summed E-state index contributed by atoms with van der Waals surface area (Å²) in [7, 11) is 1.84. The van der Waals surface area contributed by atoms with Crippen LogP contribution in [0.2, 0.25) is 0 Å². The third-order valence-electron chi connectivity index (χ3n) is 4.98. The molecule has 3 aromatic rings. The number of carbonyl (C=O) groups excluding carboxylic acids is 1. The minimum Gasteiger partial charge on any atom is -0.327 e. The van der Waals surface area contributed by atoms with Crippen LogP contribution in [0.4, 0.5) is 0 Å². The minimum absolute atomic E-state index is 0.0327. The summed E-state index contributed by atoms with van der Waals surface area (Å²) < 4.78 is 5.78. The Hall–Kier alpha value is -2.90. The third kappa shape index (κ3) is 2.44. The van der Waals surface area contributed by atoms with E-state index in [1.54, 1.807) is 10.9 Å². The first-order valence-corrected chi connectivity index (χ1v) is 8.88. The van der Waals surface area contributed by atoms with E-state index >= 15 is 0 Å². The second kappa shape index (κ2) is 6.12. The standard InChI is InChI=1S/C18H23N7O/c1-12(2)15-20-21-16-13(3)24(9-10-25(15)16)18(26)14-11-19-22(4)17(14)23-7-5-6-8-23/h5-8,11-13H,9-10H2,1-4H3. The Morgan fingerprint density at radius 1 is 1.19 bits per heavy atom. The Morgan fingerprint density at radius 3 is 2.62 bits per heavy atom. The van der Waals surface area contributed by atoms with Gasteiger partial charge in [0, 0.05) is 38.4 Å². The number of carbonyl (C=O) groups is 1. The molecule has 4 rings (SSSR count). The van der Waals surface area contributed by atoms with Crippen molar-refractivity contribution >= 4 is 5.91 Å². The molecule has 1 unspecified atom stereocenters. The van der Waals surface area contributed by atoms with Crippen molar-refractivity contribution in [3.05, 3.63) is 47.9 Å². The molecular formula is C18H23N7O. The van der Waals surface area contributed by atoms with Crippen molar-refractivity contribution in [1.82, 2.24) is 34.0 Å². The predicted octanol–water partition coefficient (Wildman–Crippen LogP) is 2.14. The average molecular weight is 353 g/mol. The molecule has 1 atom stereocenters. The monoisotopic (exact) mass is 353 g/mol. The fourth-order valence-electron chi connectivity index (χ4n) is 3.63. The second-order valence-electron chi connectivity index (χ2n) is 6.99. The molecule has 136 valence electrons. The lowest BCUT2D eigenvalue weighted by Crippen LogP contribution is -2.41. The van der Waals surface area contributed by atoms with Gasteiger partial charge in [-0.1, -0.05) is 13.8 Å². The van der Waals surface area contributed by atoms with Gasteiger partial charge in [-0.25, -0.2) is 0 Å². The maximum Gasteiger partial charge on any atom is 0.259 e. The van der Waals surface area contributed by atoms with E-state index < -0.39 is 0 Å². The number of amides is 1. The number of fused-ring (bicyclic) bond motifs is 1. The Kier molecular flexibility index (Phi) is 3.90. The molecule has 4 heterocycles. The van der Waals surface area contributed by atoms with E-state index in [1.807, 2.05) is 48.0 Å². The number of nitrogens with zero attached hydrogens (tertiary/aromatic N) is 7. The van der Waals surface area contributed by atoms with Crippen molar-refractivity contribution in [3.63, 3.8) is 0 Å². The summed E-state index contributed by atoms with van der Waals surface area (Å²) in [4.78, 5) is 15.2. The van der Waals surface area contributed by atoms with Gasteiger partial charge in [0.2, 0.25) is 0 Å². The Bertz CT molecular complexity index is 935. The van der Waals surface area contributed by atoms with Crippen molar-refractivity contribution in [2.24, 2.45) is 7.05 Å². The number of hydrogen-bond acceptors (Lipinski definition) is 4. The van der Waals surface area contributed by atoms with Crippen molar-refractivity contribution < 1.29 is 4.79 Å². The summed E-state index contributed by atoms with van der Waals surface area (Å²) in [6.07, 6.45) is 5.47. The summed E-state index contributed by atoms with van der Waals surface area (Å²) >= 11 is 0. The van der Waals surface area contributed by atoms with Gasteiger partial charge in [-0.05, 0) is 19.1 Å². The molecule has 0 saturated carbocycles. The fraction of sp³-hybridized carbons (Fsp3) is 0.444. The molecule has 0 saturated heterocycles. The minimum atomic E-state index is -0.131. The molecule has 0 aromatic carbocycles. The lowest BCUT2D eigenvalue weighted by Gasteiger charge is -2.34. The smallest absolute Gasteiger partial charge is 0.259 e. The summed E-state index contributed by atoms with van der Waals surface area (Å²) in [5, 5.41) is 13.0. The van der Waals surface area contributed by atoms with Crippen molar-refractivity contribution in [2.75, 3.05) is 6.54 Å². The zero-order valence-electron chi connectivity index (χ0n) is 15.5. The molecule has 0 N–H and O–H groups in total. The fourth-order valence-corrected chi connectivity index (χ4v) is 3.63. The molecule has 1 aliphatic heterocycles. The maximum absolute atomic E-state index is 13.3. The number of rotatable bonds is 3. The molecule has 0 fully saturated rings. The van der Waals surface area contributed by atoms with Gasteiger partial charge in [0.1, 0.15) is 17.2 Å². The second-order valence-corrected chi connectivity index (χ2v) is 6.99. The van der Waals surface area contributed by atoms with Crippen LogP contribution in [0.25, 0.3) is 5.82 Å². The van der Waals surface area contributed by atoms with Gasteiger partial charge < -0.3 is 14.0 Å². The van der Waals surface area contributed by atoms with Crippen LogP contribution in [-0.4, -0.2) is 46.5 Å². The zero-order valence-corrected chi connectivity index (χ0v) is 15.5. The molecule has 3 aromatic heterocycles. The Labute approximate surface area is 152 Å². The first-order valence-electron chi connectivity index (χ1n) is 8.88. The van der Waals surface area contributed by atoms with E-state index in [0.29, 0.717) is 24.6 Å². The third-order valence-corrected chi connectivity index (χ3v) is 4.98. The van der Waals surface area contributed by atoms with Crippen LogP contribution in [0, 0.1) is 0 Å². The normalized spacial score (nSPS) is 17.0. The van der Waals surface area contributed by atoms with Crippen molar-refractivity contribution in [2.45, 2.75) is 39.3 Å². The molecular weight excluding hydrogens is 330 g/mol. The largest absolute Gasteiger partial charge is 0.327 e. The highest BCUT2D eigenvalue weighted by Gasteiger charge is 2.34. The van der Waals surface area contributed by atoms with Gasteiger partial charge in [0.15, 0.2) is 5.82 Å². The molecule has 0 radical (unpaired) electrons. The van der Waals surface area contributed by atoms with E-state index in [4.69, 9.17) is 0 Å². The maximum atomic E-state index is 13.3. The van der Waals surface area contributed by atoms with E-state index in [-0.39, 0.29) is 11.9 Å². The number of aryl methyl sites for hydroxylation is 1. The topological polar surface area (TPSA) is 73.8 Å². The lowest BCUT2D eigenvalue weighted by molar-refractivity contribution is 0.0636. The summed E-state index contributed by atoms with van der Waals surface area (Å²) in [6.45, 7) is 7.57. The first-order chi connectivity index (χ1) is 12.5. The molecule has 0 spiro atoms. The molecule has 1 amide bonds. The Morgan fingerprint density at radius 2 is 1.92 bits per heavy atom. The zero-order chi connectivity index (χ0) is 18.4. The van der Waals surface area contributed by atoms with E-state index in [2.05, 4.69) is 33.7 Å².